The van der Waals surface area contributed by atoms with E-state index in [0.29, 0.717) is 5.82 Å². The van der Waals surface area contributed by atoms with Crippen LogP contribution in [-0.2, 0) is 0 Å². The summed E-state index contributed by atoms with van der Waals surface area (Å²) in [6.07, 6.45) is 0. The molecule has 0 unspecified atom stereocenters. The topological polar surface area (TPSA) is 35.6 Å². The van der Waals surface area contributed by atoms with Crippen molar-refractivity contribution in [3.05, 3.63) is 231 Å². The molecule has 0 saturated heterocycles. The predicted molar refractivity (Wildman–Crippen MR) is 258 cm³/mol. The number of fused-ring (bicyclic) bond motifs is 6. The molecule has 0 amide bonds. The van der Waals surface area contributed by atoms with Gasteiger partial charge in [0.25, 0.3) is 0 Å². The van der Waals surface area contributed by atoms with Gasteiger partial charge in [-0.2, -0.15) is 0 Å². The van der Waals surface area contributed by atoms with Crippen molar-refractivity contribution in [3.8, 4) is 67.5 Å². The number of para-hydroxylation sites is 2. The van der Waals surface area contributed by atoms with Crippen LogP contribution in [0.4, 0.5) is 0 Å². The molecule has 0 N–H and O–H groups in total. The number of hydrogen-bond donors (Lipinski definition) is 0. The minimum Gasteiger partial charge on any atom is -0.309 e. The standard InChI is InChI=1S/C58H38N4/c1-5-15-39(16-6-1)43-27-32-56-50(35-43)51-37-45(44-28-33-55-49(36-44)48-23-13-14-24-54(48)61(55)46-21-11-4-12-22-46)29-34-57(51)62(56)47-30-25-41(26-31-47)53-38-52(40-17-7-2-8-18-40)59-58(60-53)42-19-9-3-10-20-42/h1-38H. The number of hydrogen-bond acceptors (Lipinski definition) is 2. The summed E-state index contributed by atoms with van der Waals surface area (Å²) in [7, 11) is 0. The molecule has 9 aromatic carbocycles. The first-order valence-corrected chi connectivity index (χ1v) is 21.1. The van der Waals surface area contributed by atoms with Crippen molar-refractivity contribution in [3.63, 3.8) is 0 Å². The highest BCUT2D eigenvalue weighted by Gasteiger charge is 2.18. The van der Waals surface area contributed by atoms with Crippen molar-refractivity contribution >= 4 is 43.6 Å². The van der Waals surface area contributed by atoms with Crippen molar-refractivity contribution in [2.75, 3.05) is 0 Å². The maximum atomic E-state index is 5.10. The largest absolute Gasteiger partial charge is 0.309 e. The molecule has 0 spiro atoms. The van der Waals surface area contributed by atoms with E-state index in [2.05, 4.69) is 215 Å². The number of aromatic nitrogens is 4. The Labute approximate surface area is 359 Å². The molecule has 0 aliphatic carbocycles. The Morgan fingerprint density at radius 1 is 0.242 bits per heavy atom. The van der Waals surface area contributed by atoms with Crippen LogP contribution < -0.4 is 0 Å². The van der Waals surface area contributed by atoms with Crippen LogP contribution in [0.1, 0.15) is 0 Å². The average molecular weight is 791 g/mol. The molecular formula is C58H38N4. The second kappa shape index (κ2) is 14.7. The van der Waals surface area contributed by atoms with Gasteiger partial charge in [0, 0.05) is 49.6 Å². The van der Waals surface area contributed by atoms with Crippen LogP contribution in [0.25, 0.3) is 111 Å². The molecule has 0 aliphatic heterocycles. The summed E-state index contributed by atoms with van der Waals surface area (Å²) in [6.45, 7) is 0. The molecule has 62 heavy (non-hydrogen) atoms. The Bertz CT molecular complexity index is 3530. The van der Waals surface area contributed by atoms with Gasteiger partial charge < -0.3 is 9.13 Å². The van der Waals surface area contributed by atoms with E-state index in [1.807, 2.05) is 24.3 Å². The van der Waals surface area contributed by atoms with Gasteiger partial charge in [-0.1, -0.05) is 158 Å². The molecule has 0 atom stereocenters. The van der Waals surface area contributed by atoms with Gasteiger partial charge in [-0.05, 0) is 95.1 Å². The molecule has 4 heteroatoms. The molecule has 12 rings (SSSR count). The Balaban J connectivity index is 1.00. The van der Waals surface area contributed by atoms with E-state index in [4.69, 9.17) is 9.97 Å². The van der Waals surface area contributed by atoms with Crippen LogP contribution in [-0.4, -0.2) is 19.1 Å². The first-order valence-electron chi connectivity index (χ1n) is 21.1. The fourth-order valence-electron chi connectivity index (χ4n) is 9.15. The van der Waals surface area contributed by atoms with Crippen LogP contribution >= 0.6 is 0 Å². The fraction of sp³-hybridized carbons (Fsp3) is 0. The highest BCUT2D eigenvalue weighted by Crippen LogP contribution is 2.40. The van der Waals surface area contributed by atoms with Crippen LogP contribution in [0, 0.1) is 0 Å². The number of nitrogens with zero attached hydrogens (tertiary/aromatic N) is 4. The lowest BCUT2D eigenvalue weighted by Gasteiger charge is -2.12. The lowest BCUT2D eigenvalue weighted by Crippen LogP contribution is -1.97. The molecule has 290 valence electrons. The third-order valence-corrected chi connectivity index (χ3v) is 12.1. The maximum Gasteiger partial charge on any atom is 0.160 e. The minimum absolute atomic E-state index is 0.708. The zero-order chi connectivity index (χ0) is 41.0. The van der Waals surface area contributed by atoms with Gasteiger partial charge in [-0.15, -0.1) is 0 Å². The summed E-state index contributed by atoms with van der Waals surface area (Å²) < 4.78 is 4.77. The molecule has 12 aromatic rings. The first kappa shape index (κ1) is 35.6. The Morgan fingerprint density at radius 3 is 1.16 bits per heavy atom. The summed E-state index contributed by atoms with van der Waals surface area (Å²) in [6, 6.07) is 82.2. The molecule has 0 saturated carbocycles. The number of rotatable bonds is 7. The van der Waals surface area contributed by atoms with Crippen molar-refractivity contribution < 1.29 is 0 Å². The molecular weight excluding hydrogens is 753 g/mol. The van der Waals surface area contributed by atoms with Crippen LogP contribution in [0.15, 0.2) is 231 Å². The Morgan fingerprint density at radius 2 is 0.613 bits per heavy atom. The second-order valence-electron chi connectivity index (χ2n) is 15.8. The van der Waals surface area contributed by atoms with Crippen LogP contribution in [0.3, 0.4) is 0 Å². The second-order valence-corrected chi connectivity index (χ2v) is 15.8. The van der Waals surface area contributed by atoms with Gasteiger partial charge in [0.15, 0.2) is 5.82 Å². The Hall–Kier alpha value is -8.34. The van der Waals surface area contributed by atoms with Crippen molar-refractivity contribution in [1.82, 2.24) is 19.1 Å². The average Bonchev–Trinajstić information content (AvgIpc) is 3.87. The summed E-state index contributed by atoms with van der Waals surface area (Å²) in [5, 5.41) is 4.91. The zero-order valence-electron chi connectivity index (χ0n) is 33.7. The third kappa shape index (κ3) is 6.08. The quantitative estimate of drug-likeness (QED) is 0.161. The highest BCUT2D eigenvalue weighted by atomic mass is 15.0. The van der Waals surface area contributed by atoms with Gasteiger partial charge in [-0.3, -0.25) is 0 Å². The van der Waals surface area contributed by atoms with Gasteiger partial charge in [-0.25, -0.2) is 9.97 Å². The van der Waals surface area contributed by atoms with E-state index in [0.717, 1.165) is 50.5 Å². The maximum absolute atomic E-state index is 5.10. The third-order valence-electron chi connectivity index (χ3n) is 12.1. The van der Waals surface area contributed by atoms with Gasteiger partial charge in [0.1, 0.15) is 0 Å². The number of benzene rings is 9. The summed E-state index contributed by atoms with van der Waals surface area (Å²) in [5.74, 6) is 0.708. The Kier molecular flexibility index (Phi) is 8.46. The highest BCUT2D eigenvalue weighted by molar-refractivity contribution is 6.13. The van der Waals surface area contributed by atoms with Crippen molar-refractivity contribution in [1.29, 1.82) is 0 Å². The van der Waals surface area contributed by atoms with E-state index in [1.54, 1.807) is 0 Å². The van der Waals surface area contributed by atoms with E-state index in [1.165, 1.54) is 54.8 Å². The zero-order valence-corrected chi connectivity index (χ0v) is 33.7. The predicted octanol–water partition coefficient (Wildman–Crippen LogP) is 15.0. The van der Waals surface area contributed by atoms with E-state index in [-0.39, 0.29) is 0 Å². The molecule has 0 aliphatic rings. The van der Waals surface area contributed by atoms with Crippen molar-refractivity contribution in [2.24, 2.45) is 0 Å². The normalized spacial score (nSPS) is 11.5. The SMILES string of the molecule is c1ccc(-c2ccc3c(c2)c2cc(-c4ccc5c(c4)c4ccccc4n5-c4ccccc4)ccc2n3-c2ccc(-c3cc(-c4ccccc4)nc(-c4ccccc4)n3)cc2)cc1. The summed E-state index contributed by atoms with van der Waals surface area (Å²) in [5.41, 5.74) is 16.6. The van der Waals surface area contributed by atoms with E-state index >= 15 is 0 Å². The van der Waals surface area contributed by atoms with Crippen LogP contribution in [0.5, 0.6) is 0 Å². The molecule has 3 aromatic heterocycles. The lowest BCUT2D eigenvalue weighted by molar-refractivity contribution is 1.17. The lowest BCUT2D eigenvalue weighted by atomic mass is 9.99. The smallest absolute Gasteiger partial charge is 0.160 e. The summed E-state index contributed by atoms with van der Waals surface area (Å²) >= 11 is 0. The molecule has 0 radical (unpaired) electrons. The molecule has 0 fully saturated rings. The van der Waals surface area contributed by atoms with E-state index in [9.17, 15) is 0 Å². The molecule has 3 heterocycles. The summed E-state index contributed by atoms with van der Waals surface area (Å²) in [4.78, 5) is 10.1. The van der Waals surface area contributed by atoms with Gasteiger partial charge >= 0.3 is 0 Å². The van der Waals surface area contributed by atoms with Crippen LogP contribution in [0.2, 0.25) is 0 Å². The van der Waals surface area contributed by atoms with E-state index < -0.39 is 0 Å². The molecule has 0 bridgehead atoms. The van der Waals surface area contributed by atoms with Crippen molar-refractivity contribution in [2.45, 2.75) is 0 Å². The van der Waals surface area contributed by atoms with Gasteiger partial charge in [0.2, 0.25) is 0 Å². The fourth-order valence-corrected chi connectivity index (χ4v) is 9.15. The van der Waals surface area contributed by atoms with Gasteiger partial charge in [0.05, 0.1) is 33.5 Å². The molecule has 4 nitrogen and oxygen atoms in total. The monoisotopic (exact) mass is 790 g/mol. The minimum atomic E-state index is 0.708. The first-order chi connectivity index (χ1) is 30.7.